The minimum Gasteiger partial charge on any atom is -0.481 e. The zero-order chi connectivity index (χ0) is 60.5. The Balaban J connectivity index is 0.000000310. The second kappa shape index (κ2) is 33.3. The molecule has 2 fully saturated rings. The maximum atomic E-state index is 14.0. The highest BCUT2D eigenvalue weighted by molar-refractivity contribution is 14.1. The molecule has 6 aromatic carbocycles. The van der Waals surface area contributed by atoms with E-state index in [1.807, 2.05) is 24.3 Å². The van der Waals surface area contributed by atoms with Gasteiger partial charge in [0.1, 0.15) is 23.3 Å². The summed E-state index contributed by atoms with van der Waals surface area (Å²) in [5.74, 6) is -4.29. The molecule has 0 aromatic heterocycles. The van der Waals surface area contributed by atoms with Crippen molar-refractivity contribution in [2.75, 3.05) is 18.4 Å². The van der Waals surface area contributed by atoms with E-state index >= 15 is 0 Å². The number of nitrogens with two attached hydrogens (primary N) is 1. The molecule has 17 heteroatoms. The summed E-state index contributed by atoms with van der Waals surface area (Å²) in [5.41, 5.74) is 13.9. The molecule has 0 spiro atoms. The summed E-state index contributed by atoms with van der Waals surface area (Å²) in [6, 6.07) is 37.5. The Morgan fingerprint density at radius 3 is 1.29 bits per heavy atom. The number of aliphatic hydroxyl groups excluding tert-OH is 2. The van der Waals surface area contributed by atoms with Crippen molar-refractivity contribution in [1.29, 1.82) is 0 Å². The van der Waals surface area contributed by atoms with E-state index in [9.17, 15) is 37.4 Å². The first-order valence-corrected chi connectivity index (χ1v) is 30.1. The van der Waals surface area contributed by atoms with Crippen LogP contribution in [0.15, 0.2) is 133 Å². The van der Waals surface area contributed by atoms with E-state index in [1.54, 1.807) is 24.3 Å². The average Bonchev–Trinajstić information content (AvgIpc) is 2.12. The van der Waals surface area contributed by atoms with Crippen LogP contribution < -0.4 is 21.7 Å². The van der Waals surface area contributed by atoms with Crippen LogP contribution in [-0.4, -0.2) is 69.7 Å². The van der Waals surface area contributed by atoms with Crippen molar-refractivity contribution in [3.8, 4) is 0 Å². The number of carboxylic acids is 2. The molecule has 464 valence electrons. The number of nitrogens with one attached hydrogen (secondary N) is 3. The Morgan fingerprint density at radius 2 is 0.906 bits per heavy atom. The molecular weight excluding hydrogens is 1240 g/mol. The van der Waals surface area contributed by atoms with Crippen LogP contribution in [0.2, 0.25) is 0 Å². The molecule has 2 aliphatic carbocycles. The van der Waals surface area contributed by atoms with Crippen molar-refractivity contribution in [3.63, 3.8) is 0 Å². The summed E-state index contributed by atoms with van der Waals surface area (Å²) in [6.07, 6.45) is 9.53. The molecule has 0 amide bonds. The first-order valence-electron chi connectivity index (χ1n) is 29.0. The van der Waals surface area contributed by atoms with Crippen LogP contribution in [0.25, 0.3) is 0 Å². The van der Waals surface area contributed by atoms with E-state index < -0.39 is 59.5 Å². The van der Waals surface area contributed by atoms with Crippen molar-refractivity contribution >= 4 is 65.0 Å². The first-order chi connectivity index (χ1) is 39.2. The molecule has 0 saturated heterocycles. The summed E-state index contributed by atoms with van der Waals surface area (Å²) in [4.78, 5) is 21.3. The minimum absolute atomic E-state index is 0. The van der Waals surface area contributed by atoms with E-state index in [2.05, 4.69) is 129 Å². The van der Waals surface area contributed by atoms with Crippen LogP contribution in [0.5, 0.6) is 0 Å². The topological polar surface area (TPSA) is 177 Å². The van der Waals surface area contributed by atoms with Gasteiger partial charge >= 0.3 is 11.9 Å². The number of hydrogen-bond donors (Lipinski definition) is 8. The van der Waals surface area contributed by atoms with Gasteiger partial charge in [-0.2, -0.15) is 0 Å². The number of carboxylic acid groups (broad SMARTS) is 2. The van der Waals surface area contributed by atoms with E-state index in [-0.39, 0.29) is 78.9 Å². The number of halogens is 7. The smallest absolute Gasteiger partial charge is 0.307 e. The van der Waals surface area contributed by atoms with Crippen molar-refractivity contribution in [2.45, 2.75) is 178 Å². The molecule has 0 radical (unpaired) electrons. The van der Waals surface area contributed by atoms with E-state index in [4.69, 9.17) is 15.9 Å². The Bertz CT molecular complexity index is 3000. The van der Waals surface area contributed by atoms with Crippen LogP contribution in [0.4, 0.5) is 23.2 Å². The maximum Gasteiger partial charge on any atom is 0.307 e. The number of anilines is 1. The molecule has 8 rings (SSSR count). The van der Waals surface area contributed by atoms with Gasteiger partial charge in [0.05, 0.1) is 31.1 Å². The molecular formula is C68H87Cl2F4IN4O6. The Kier molecular flexibility index (Phi) is 28.3. The second-order valence-electron chi connectivity index (χ2n) is 24.7. The fourth-order valence-corrected chi connectivity index (χ4v) is 11.6. The Morgan fingerprint density at radius 1 is 0.529 bits per heavy atom. The lowest BCUT2D eigenvalue weighted by atomic mass is 9.74. The maximum absolute atomic E-state index is 14.0. The third-order valence-corrected chi connectivity index (χ3v) is 16.7. The normalized spacial score (nSPS) is 16.0. The lowest BCUT2D eigenvalue weighted by Crippen LogP contribution is -2.51. The van der Waals surface area contributed by atoms with Gasteiger partial charge < -0.3 is 42.1 Å². The van der Waals surface area contributed by atoms with Gasteiger partial charge in [-0.1, -0.05) is 153 Å². The van der Waals surface area contributed by atoms with Gasteiger partial charge in [0.15, 0.2) is 0 Å². The van der Waals surface area contributed by atoms with Gasteiger partial charge in [0.25, 0.3) is 0 Å². The molecule has 10 nitrogen and oxygen atoms in total. The molecule has 2 saturated carbocycles. The summed E-state index contributed by atoms with van der Waals surface area (Å²) in [7, 11) is 0. The van der Waals surface area contributed by atoms with Crippen LogP contribution in [0.3, 0.4) is 0 Å². The summed E-state index contributed by atoms with van der Waals surface area (Å²) in [6.45, 7) is 13.9. The molecule has 2 aliphatic rings. The molecule has 9 N–H and O–H groups in total. The number of benzene rings is 6. The zero-order valence-electron chi connectivity index (χ0n) is 49.7. The van der Waals surface area contributed by atoms with E-state index in [0.717, 1.165) is 72.6 Å². The predicted molar refractivity (Wildman–Crippen MR) is 346 cm³/mol. The summed E-state index contributed by atoms with van der Waals surface area (Å²) >= 11 is 2.18. The van der Waals surface area contributed by atoms with Gasteiger partial charge in [0.2, 0.25) is 0 Å². The molecule has 0 heterocycles. The highest BCUT2D eigenvalue weighted by Crippen LogP contribution is 2.40. The molecule has 85 heavy (non-hydrogen) atoms. The van der Waals surface area contributed by atoms with Crippen molar-refractivity contribution < 1.29 is 47.6 Å². The van der Waals surface area contributed by atoms with Crippen molar-refractivity contribution in [1.82, 2.24) is 10.6 Å². The summed E-state index contributed by atoms with van der Waals surface area (Å²) < 4.78 is 56.1. The standard InChI is InChI=1S/C34H42F2N2O3.C26H36F2N2O.C8H7IO2.2ClH/c1-33(2,3)25-8-7-9-26(20-25)34(14-5-4-6-15-34)37-22-31(39)30(18-24-16-27(35)21-28(36)17-24)38-29-12-10-23(11-13-29)19-32(40)41;1-25(2,3)19-8-7-9-20(15-19)26(10-5-4-6-11-26)30-17-24(31)23(29)14-18-12-21(27)16-22(28)13-18;9-7-3-1-6(2-4-7)5-8(10)11;;/h7-13,16-17,20-21,30-31,37-39H,4-6,14-15,18-19,22H2,1-3H3,(H,40,41);7-9,12-13,15-16,23-24,30-31H,4-6,10-11,14,17,29H2,1-3H3;1-4H,5H2,(H,10,11);2*1H/t30-,31+;23-,24+;;;/m00.../s1. The molecule has 4 atom stereocenters. The second-order valence-corrected chi connectivity index (χ2v) is 25.9. The SMILES string of the molecule is CC(C)(C)c1cccc(C2(NC[C@@H](O)[C@@H](N)Cc3cc(F)cc(F)c3)CCCCC2)c1.CC(C)(C)c1cccc(C2(NC[C@@H](O)[C@H](Cc3cc(F)cc(F)c3)Nc3ccc(CC(=O)O)cc3)CCCCC2)c1.Cl.Cl.O=C(O)Cc1ccc(I)cc1. The molecule has 6 aromatic rings. The lowest BCUT2D eigenvalue weighted by molar-refractivity contribution is -0.137. The number of aliphatic hydroxyl groups is 2. The fraction of sp³-hybridized carbons (Fsp3) is 0.441. The Hall–Kier alpha value is -5.11. The molecule has 0 bridgehead atoms. The minimum atomic E-state index is -0.914. The van der Waals surface area contributed by atoms with Gasteiger partial charge in [0, 0.05) is 51.6 Å². The van der Waals surface area contributed by atoms with Crippen LogP contribution in [0, 0.1) is 26.8 Å². The van der Waals surface area contributed by atoms with Gasteiger partial charge in [-0.25, -0.2) is 17.6 Å². The Labute approximate surface area is 526 Å². The monoisotopic (exact) mass is 1330 g/mol. The number of hydrogen-bond acceptors (Lipinski definition) is 8. The number of rotatable bonds is 20. The van der Waals surface area contributed by atoms with Crippen molar-refractivity contribution in [3.05, 3.63) is 205 Å². The van der Waals surface area contributed by atoms with Gasteiger partial charge in [-0.05, 0) is 165 Å². The van der Waals surface area contributed by atoms with E-state index in [0.29, 0.717) is 28.9 Å². The molecule has 0 unspecified atom stereocenters. The van der Waals surface area contributed by atoms with Crippen LogP contribution in [0.1, 0.15) is 150 Å². The third-order valence-electron chi connectivity index (χ3n) is 15.9. The predicted octanol–water partition coefficient (Wildman–Crippen LogP) is 14.4. The zero-order valence-corrected chi connectivity index (χ0v) is 53.5. The van der Waals surface area contributed by atoms with Gasteiger partial charge in [-0.3, -0.25) is 9.59 Å². The third kappa shape index (κ3) is 22.8. The summed E-state index contributed by atoms with van der Waals surface area (Å²) in [5, 5.41) is 50.5. The van der Waals surface area contributed by atoms with Crippen LogP contribution in [-0.2, 0) is 57.2 Å². The highest BCUT2D eigenvalue weighted by Gasteiger charge is 2.37. The molecule has 0 aliphatic heterocycles. The average molecular weight is 1330 g/mol. The highest BCUT2D eigenvalue weighted by atomic mass is 127. The largest absolute Gasteiger partial charge is 0.481 e. The van der Waals surface area contributed by atoms with Crippen molar-refractivity contribution in [2.24, 2.45) is 5.73 Å². The first kappa shape index (κ1) is 72.4. The van der Waals surface area contributed by atoms with Gasteiger partial charge in [-0.15, -0.1) is 24.8 Å². The number of aliphatic carboxylic acids is 2. The van der Waals surface area contributed by atoms with E-state index in [1.165, 1.54) is 59.4 Å². The number of carbonyl (C=O) groups is 2. The van der Waals surface area contributed by atoms with Crippen LogP contribution >= 0.6 is 47.4 Å². The lowest BCUT2D eigenvalue weighted by Gasteiger charge is -2.41. The quantitative estimate of drug-likeness (QED) is 0.0271. The fourth-order valence-electron chi connectivity index (χ4n) is 11.2.